The van der Waals surface area contributed by atoms with Gasteiger partial charge in [0.25, 0.3) is 5.91 Å². The summed E-state index contributed by atoms with van der Waals surface area (Å²) in [7, 11) is 1.61. The summed E-state index contributed by atoms with van der Waals surface area (Å²) in [4.78, 5) is 16.2. The van der Waals surface area contributed by atoms with Crippen molar-refractivity contribution in [2.24, 2.45) is 0 Å². The highest BCUT2D eigenvalue weighted by Crippen LogP contribution is 2.07. The van der Waals surface area contributed by atoms with Crippen molar-refractivity contribution in [3.05, 3.63) is 29.6 Å². The van der Waals surface area contributed by atoms with Crippen LogP contribution in [-0.4, -0.2) is 42.4 Å². The van der Waals surface area contributed by atoms with Gasteiger partial charge >= 0.3 is 0 Å². The Morgan fingerprint density at radius 3 is 3.05 bits per heavy atom. The molecule has 1 heterocycles. The van der Waals surface area contributed by atoms with Gasteiger partial charge in [-0.1, -0.05) is 25.2 Å². The first-order valence-electron chi connectivity index (χ1n) is 6.56. The molecular weight excluding hydrogens is 256 g/mol. The Morgan fingerprint density at radius 1 is 1.60 bits per heavy atom. The quantitative estimate of drug-likeness (QED) is 0.760. The largest absolute Gasteiger partial charge is 0.384 e. The standard InChI is InChI=1S/C15H20N2O3/c1-3-5-13(11-20-2)17-15(19)14-7-8-16-10-12(14)6-4-9-18/h7-8,10,13,18H,3,5,9,11H2,1-2H3,(H,17,19). The average Bonchev–Trinajstić information content (AvgIpc) is 2.46. The molecule has 0 aliphatic rings. The van der Waals surface area contributed by atoms with Gasteiger partial charge in [-0.05, 0) is 12.5 Å². The van der Waals surface area contributed by atoms with Crippen LogP contribution in [0.3, 0.4) is 0 Å². The maximum atomic E-state index is 12.3. The van der Waals surface area contributed by atoms with Gasteiger partial charge in [-0.2, -0.15) is 0 Å². The fraction of sp³-hybridized carbons (Fsp3) is 0.467. The number of rotatable bonds is 6. The molecule has 0 saturated carbocycles. The van der Waals surface area contributed by atoms with Crippen LogP contribution in [0.5, 0.6) is 0 Å². The molecule has 0 aliphatic heterocycles. The second-order valence-corrected chi connectivity index (χ2v) is 4.30. The lowest BCUT2D eigenvalue weighted by molar-refractivity contribution is 0.0891. The molecule has 0 radical (unpaired) electrons. The van der Waals surface area contributed by atoms with Crippen molar-refractivity contribution in [2.75, 3.05) is 20.3 Å². The molecule has 1 aromatic heterocycles. The van der Waals surface area contributed by atoms with Gasteiger partial charge in [0.15, 0.2) is 0 Å². The molecule has 0 aliphatic carbocycles. The summed E-state index contributed by atoms with van der Waals surface area (Å²) in [6.45, 7) is 2.28. The second-order valence-electron chi connectivity index (χ2n) is 4.30. The van der Waals surface area contributed by atoms with Crippen molar-refractivity contribution in [3.63, 3.8) is 0 Å². The van der Waals surface area contributed by atoms with Crippen LogP contribution >= 0.6 is 0 Å². The maximum absolute atomic E-state index is 12.3. The minimum atomic E-state index is -0.252. The van der Waals surface area contributed by atoms with E-state index in [0.717, 1.165) is 12.8 Å². The summed E-state index contributed by atoms with van der Waals surface area (Å²) >= 11 is 0. The zero-order valence-corrected chi connectivity index (χ0v) is 11.8. The number of nitrogens with zero attached hydrogens (tertiary/aromatic N) is 1. The topological polar surface area (TPSA) is 71.5 Å². The third-order valence-electron chi connectivity index (χ3n) is 2.71. The Kier molecular flexibility index (Phi) is 7.33. The molecule has 0 spiro atoms. The number of carbonyl (C=O) groups excluding carboxylic acids is 1. The van der Waals surface area contributed by atoms with Gasteiger partial charge < -0.3 is 15.2 Å². The Bertz CT molecular complexity index is 485. The summed E-state index contributed by atoms with van der Waals surface area (Å²) < 4.78 is 5.10. The summed E-state index contributed by atoms with van der Waals surface area (Å²) in [6.07, 6.45) is 4.87. The van der Waals surface area contributed by atoms with E-state index in [0.29, 0.717) is 17.7 Å². The number of aliphatic hydroxyl groups is 1. The molecule has 0 aromatic carbocycles. The van der Waals surface area contributed by atoms with E-state index in [-0.39, 0.29) is 18.6 Å². The lowest BCUT2D eigenvalue weighted by Gasteiger charge is -2.17. The number of aromatic nitrogens is 1. The van der Waals surface area contributed by atoms with E-state index >= 15 is 0 Å². The molecule has 0 bridgehead atoms. The van der Waals surface area contributed by atoms with E-state index in [4.69, 9.17) is 9.84 Å². The predicted molar refractivity (Wildman–Crippen MR) is 76.2 cm³/mol. The molecule has 1 amide bonds. The van der Waals surface area contributed by atoms with Gasteiger partial charge in [0.1, 0.15) is 6.61 Å². The molecule has 5 nitrogen and oxygen atoms in total. The lowest BCUT2D eigenvalue weighted by atomic mass is 10.1. The lowest BCUT2D eigenvalue weighted by Crippen LogP contribution is -2.38. The molecular formula is C15H20N2O3. The number of hydrogen-bond acceptors (Lipinski definition) is 4. The molecule has 0 saturated heterocycles. The number of hydrogen-bond donors (Lipinski definition) is 2. The maximum Gasteiger partial charge on any atom is 0.252 e. The van der Waals surface area contributed by atoms with Crippen molar-refractivity contribution in [1.29, 1.82) is 0 Å². The highest BCUT2D eigenvalue weighted by atomic mass is 16.5. The number of methoxy groups -OCH3 is 1. The Labute approximate surface area is 119 Å². The van der Waals surface area contributed by atoms with Crippen molar-refractivity contribution in [3.8, 4) is 11.8 Å². The molecule has 1 atom stereocenters. The smallest absolute Gasteiger partial charge is 0.252 e. The van der Waals surface area contributed by atoms with Crippen molar-refractivity contribution in [2.45, 2.75) is 25.8 Å². The number of amides is 1. The van der Waals surface area contributed by atoms with Gasteiger partial charge in [0.05, 0.1) is 23.8 Å². The summed E-state index contributed by atoms with van der Waals surface area (Å²) in [6, 6.07) is 1.59. The van der Waals surface area contributed by atoms with Crippen molar-refractivity contribution in [1.82, 2.24) is 10.3 Å². The number of pyridine rings is 1. The van der Waals surface area contributed by atoms with E-state index in [1.165, 1.54) is 6.20 Å². The third kappa shape index (κ3) is 5.00. The molecule has 1 rings (SSSR count). The first kappa shape index (κ1) is 16.2. The van der Waals surface area contributed by atoms with Gasteiger partial charge in [0.2, 0.25) is 0 Å². The predicted octanol–water partition coefficient (Wildman–Crippen LogP) is 0.970. The third-order valence-corrected chi connectivity index (χ3v) is 2.71. The second kappa shape index (κ2) is 9.08. The molecule has 20 heavy (non-hydrogen) atoms. The normalized spacial score (nSPS) is 11.3. The Balaban J connectivity index is 2.85. The van der Waals surface area contributed by atoms with Gasteiger partial charge in [-0.15, -0.1) is 0 Å². The molecule has 2 N–H and O–H groups in total. The Morgan fingerprint density at radius 2 is 2.40 bits per heavy atom. The van der Waals surface area contributed by atoms with Crippen LogP contribution in [0.4, 0.5) is 0 Å². The SMILES string of the molecule is CCCC(COC)NC(=O)c1ccncc1C#CCO. The number of ether oxygens (including phenoxy) is 1. The average molecular weight is 276 g/mol. The summed E-state index contributed by atoms with van der Waals surface area (Å²) in [5.74, 6) is 5.05. The first-order chi connectivity index (χ1) is 9.72. The monoisotopic (exact) mass is 276 g/mol. The van der Waals surface area contributed by atoms with Crippen molar-refractivity contribution < 1.29 is 14.6 Å². The highest BCUT2D eigenvalue weighted by Gasteiger charge is 2.15. The van der Waals surface area contributed by atoms with E-state index in [1.54, 1.807) is 19.4 Å². The summed E-state index contributed by atoms with van der Waals surface area (Å²) in [5, 5.41) is 11.7. The molecule has 1 unspecified atom stereocenters. The zero-order chi connectivity index (χ0) is 14.8. The van der Waals surface area contributed by atoms with Gasteiger partial charge in [-0.25, -0.2) is 0 Å². The highest BCUT2D eigenvalue weighted by molar-refractivity contribution is 5.96. The van der Waals surface area contributed by atoms with Crippen LogP contribution in [-0.2, 0) is 4.74 Å². The van der Waals surface area contributed by atoms with E-state index in [2.05, 4.69) is 29.1 Å². The number of nitrogens with one attached hydrogen (secondary N) is 1. The van der Waals surface area contributed by atoms with Crippen LogP contribution in [0.2, 0.25) is 0 Å². The summed E-state index contributed by atoms with van der Waals surface area (Å²) in [5.41, 5.74) is 0.963. The van der Waals surface area contributed by atoms with E-state index in [9.17, 15) is 4.79 Å². The van der Waals surface area contributed by atoms with Gasteiger partial charge in [-0.3, -0.25) is 9.78 Å². The van der Waals surface area contributed by atoms with E-state index in [1.807, 2.05) is 0 Å². The number of aliphatic hydroxyl groups excluding tert-OH is 1. The fourth-order valence-electron chi connectivity index (χ4n) is 1.84. The molecule has 0 fully saturated rings. The molecule has 1 aromatic rings. The molecule has 5 heteroatoms. The fourth-order valence-corrected chi connectivity index (χ4v) is 1.84. The van der Waals surface area contributed by atoms with Crippen LogP contribution in [0.15, 0.2) is 18.5 Å². The van der Waals surface area contributed by atoms with Crippen LogP contribution in [0.25, 0.3) is 0 Å². The Hall–Kier alpha value is -1.90. The molecule has 108 valence electrons. The van der Waals surface area contributed by atoms with Crippen LogP contribution in [0.1, 0.15) is 35.7 Å². The zero-order valence-electron chi connectivity index (χ0n) is 11.8. The minimum absolute atomic E-state index is 0.0238. The first-order valence-corrected chi connectivity index (χ1v) is 6.56. The van der Waals surface area contributed by atoms with Crippen LogP contribution in [0, 0.1) is 11.8 Å². The van der Waals surface area contributed by atoms with Crippen LogP contribution < -0.4 is 5.32 Å². The minimum Gasteiger partial charge on any atom is -0.384 e. The van der Waals surface area contributed by atoms with Gasteiger partial charge in [0, 0.05) is 19.5 Å². The van der Waals surface area contributed by atoms with E-state index < -0.39 is 0 Å². The van der Waals surface area contributed by atoms with Crippen molar-refractivity contribution >= 4 is 5.91 Å². The number of carbonyl (C=O) groups is 1.